The molecule has 0 spiro atoms. The van der Waals surface area contributed by atoms with E-state index in [0.717, 1.165) is 6.07 Å². The average molecular weight is 229 g/mol. The first-order valence-electron chi connectivity index (χ1n) is 4.86. The van der Waals surface area contributed by atoms with Crippen LogP contribution < -0.4 is 4.74 Å². The van der Waals surface area contributed by atoms with Crippen LogP contribution in [0.1, 0.15) is 11.4 Å². The number of hydrogen-bond donors (Lipinski definition) is 0. The van der Waals surface area contributed by atoms with Crippen molar-refractivity contribution in [2.24, 2.45) is 0 Å². The monoisotopic (exact) mass is 229 g/mol. The summed E-state index contributed by atoms with van der Waals surface area (Å²) in [6, 6.07) is 7.37. The normalized spacial score (nSPS) is 9.71. The minimum absolute atomic E-state index is 0.0297. The maximum Gasteiger partial charge on any atom is 0.222 e. The number of aryl methyl sites for hydroxylation is 1. The summed E-state index contributed by atoms with van der Waals surface area (Å²) in [5.41, 5.74) is 0.244. The Morgan fingerprint density at radius 1 is 1.35 bits per heavy atom. The molecule has 0 unspecified atom stereocenters. The smallest absolute Gasteiger partial charge is 0.222 e. The lowest BCUT2D eigenvalue weighted by Gasteiger charge is -2.05. The van der Waals surface area contributed by atoms with Crippen molar-refractivity contribution in [1.29, 1.82) is 5.26 Å². The highest BCUT2D eigenvalue weighted by Crippen LogP contribution is 2.23. The van der Waals surface area contributed by atoms with Gasteiger partial charge in [-0.25, -0.2) is 9.37 Å². The molecule has 0 aliphatic rings. The SMILES string of the molecule is Cc1nccc(Oc2ccc(C#N)cc2F)n1. The minimum atomic E-state index is -0.597. The van der Waals surface area contributed by atoms with Gasteiger partial charge in [-0.2, -0.15) is 10.2 Å². The van der Waals surface area contributed by atoms with Gasteiger partial charge in [0.25, 0.3) is 0 Å². The summed E-state index contributed by atoms with van der Waals surface area (Å²) >= 11 is 0. The molecule has 0 atom stereocenters. The van der Waals surface area contributed by atoms with Gasteiger partial charge in [0.05, 0.1) is 11.6 Å². The zero-order valence-electron chi connectivity index (χ0n) is 9.01. The molecule has 4 nitrogen and oxygen atoms in total. The summed E-state index contributed by atoms with van der Waals surface area (Å²) in [5, 5.41) is 8.60. The number of nitrogens with zero attached hydrogens (tertiary/aromatic N) is 3. The first-order valence-corrected chi connectivity index (χ1v) is 4.86. The van der Waals surface area contributed by atoms with E-state index in [1.54, 1.807) is 6.92 Å². The highest BCUT2D eigenvalue weighted by Gasteiger charge is 2.06. The van der Waals surface area contributed by atoms with Gasteiger partial charge in [0.1, 0.15) is 5.82 Å². The van der Waals surface area contributed by atoms with E-state index in [4.69, 9.17) is 10.00 Å². The zero-order chi connectivity index (χ0) is 12.3. The average Bonchev–Trinajstić information content (AvgIpc) is 2.32. The van der Waals surface area contributed by atoms with Gasteiger partial charge in [0.15, 0.2) is 11.6 Å². The molecule has 0 amide bonds. The second-order valence-electron chi connectivity index (χ2n) is 3.30. The van der Waals surface area contributed by atoms with Gasteiger partial charge in [-0.3, -0.25) is 0 Å². The van der Waals surface area contributed by atoms with E-state index in [9.17, 15) is 4.39 Å². The van der Waals surface area contributed by atoms with Crippen molar-refractivity contribution in [3.05, 3.63) is 47.7 Å². The molecular formula is C12H8FN3O. The molecule has 5 heteroatoms. The summed E-state index contributed by atoms with van der Waals surface area (Å²) < 4.78 is 18.8. The van der Waals surface area contributed by atoms with Crippen LogP contribution in [0, 0.1) is 24.1 Å². The van der Waals surface area contributed by atoms with E-state index in [0.29, 0.717) is 5.82 Å². The van der Waals surface area contributed by atoms with E-state index in [-0.39, 0.29) is 17.2 Å². The van der Waals surface area contributed by atoms with E-state index in [2.05, 4.69) is 9.97 Å². The fraction of sp³-hybridized carbons (Fsp3) is 0.0833. The van der Waals surface area contributed by atoms with E-state index in [1.807, 2.05) is 6.07 Å². The van der Waals surface area contributed by atoms with Crippen LogP contribution in [0.2, 0.25) is 0 Å². The van der Waals surface area contributed by atoms with Crippen LogP contribution in [0.25, 0.3) is 0 Å². The number of nitriles is 1. The molecule has 0 N–H and O–H groups in total. The first kappa shape index (κ1) is 11.0. The predicted octanol–water partition coefficient (Wildman–Crippen LogP) is 2.59. The fourth-order valence-corrected chi connectivity index (χ4v) is 1.26. The van der Waals surface area contributed by atoms with Crippen LogP contribution in [0.5, 0.6) is 11.6 Å². The Labute approximate surface area is 97.3 Å². The largest absolute Gasteiger partial charge is 0.436 e. The highest BCUT2D eigenvalue weighted by molar-refractivity contribution is 5.37. The lowest BCUT2D eigenvalue weighted by atomic mass is 10.2. The molecule has 2 aromatic rings. The molecule has 2 rings (SSSR count). The summed E-state index contributed by atoms with van der Waals surface area (Å²) in [7, 11) is 0. The van der Waals surface area contributed by atoms with Gasteiger partial charge in [-0.1, -0.05) is 0 Å². The second kappa shape index (κ2) is 4.58. The van der Waals surface area contributed by atoms with Crippen LogP contribution >= 0.6 is 0 Å². The molecular weight excluding hydrogens is 221 g/mol. The molecule has 84 valence electrons. The molecule has 17 heavy (non-hydrogen) atoms. The first-order chi connectivity index (χ1) is 8.19. The Morgan fingerprint density at radius 2 is 2.18 bits per heavy atom. The molecule has 0 aliphatic heterocycles. The predicted molar refractivity (Wildman–Crippen MR) is 58.0 cm³/mol. The maximum atomic E-state index is 13.5. The van der Waals surface area contributed by atoms with Crippen LogP contribution in [-0.4, -0.2) is 9.97 Å². The Bertz CT molecular complexity index is 593. The van der Waals surface area contributed by atoms with Crippen molar-refractivity contribution >= 4 is 0 Å². The van der Waals surface area contributed by atoms with Crippen LogP contribution in [-0.2, 0) is 0 Å². The number of benzene rings is 1. The molecule has 0 radical (unpaired) electrons. The van der Waals surface area contributed by atoms with Crippen molar-refractivity contribution in [2.45, 2.75) is 6.92 Å². The standard InChI is InChI=1S/C12H8FN3O/c1-8-15-5-4-12(16-8)17-11-3-2-9(7-14)6-10(11)13/h2-6H,1H3. The number of hydrogen-bond acceptors (Lipinski definition) is 4. The van der Waals surface area contributed by atoms with Crippen LogP contribution in [0.4, 0.5) is 4.39 Å². The molecule has 0 saturated carbocycles. The third-order valence-electron chi connectivity index (χ3n) is 2.03. The van der Waals surface area contributed by atoms with Gasteiger partial charge in [0.2, 0.25) is 5.88 Å². The Morgan fingerprint density at radius 3 is 2.82 bits per heavy atom. The molecule has 1 heterocycles. The van der Waals surface area contributed by atoms with Crippen molar-refractivity contribution in [2.75, 3.05) is 0 Å². The van der Waals surface area contributed by atoms with Crippen molar-refractivity contribution in [3.63, 3.8) is 0 Å². The Hall–Kier alpha value is -2.48. The summed E-state index contributed by atoms with van der Waals surface area (Å²) in [6.07, 6.45) is 1.53. The summed E-state index contributed by atoms with van der Waals surface area (Å²) in [6.45, 7) is 1.71. The summed E-state index contributed by atoms with van der Waals surface area (Å²) in [5.74, 6) is 0.236. The van der Waals surface area contributed by atoms with Gasteiger partial charge >= 0.3 is 0 Å². The number of ether oxygens (including phenoxy) is 1. The van der Waals surface area contributed by atoms with Crippen LogP contribution in [0.3, 0.4) is 0 Å². The number of aromatic nitrogens is 2. The lowest BCUT2D eigenvalue weighted by Crippen LogP contribution is -1.94. The Balaban J connectivity index is 2.28. The van der Waals surface area contributed by atoms with Gasteiger partial charge in [-0.05, 0) is 25.1 Å². The molecule has 0 aliphatic carbocycles. The molecule has 0 bridgehead atoms. The quantitative estimate of drug-likeness (QED) is 0.794. The van der Waals surface area contributed by atoms with Crippen molar-refractivity contribution < 1.29 is 9.13 Å². The number of halogens is 1. The fourth-order valence-electron chi connectivity index (χ4n) is 1.26. The molecule has 0 saturated heterocycles. The van der Waals surface area contributed by atoms with E-state index in [1.165, 1.54) is 24.4 Å². The molecule has 0 fully saturated rings. The third-order valence-corrected chi connectivity index (χ3v) is 2.03. The maximum absolute atomic E-state index is 13.5. The minimum Gasteiger partial charge on any atom is -0.436 e. The lowest BCUT2D eigenvalue weighted by molar-refractivity contribution is 0.425. The number of rotatable bonds is 2. The van der Waals surface area contributed by atoms with Crippen LogP contribution in [0.15, 0.2) is 30.5 Å². The third kappa shape index (κ3) is 2.55. The van der Waals surface area contributed by atoms with Crippen molar-refractivity contribution in [3.8, 4) is 17.7 Å². The van der Waals surface area contributed by atoms with Crippen molar-refractivity contribution in [1.82, 2.24) is 9.97 Å². The van der Waals surface area contributed by atoms with E-state index >= 15 is 0 Å². The van der Waals surface area contributed by atoms with E-state index < -0.39 is 5.82 Å². The zero-order valence-corrected chi connectivity index (χ0v) is 9.01. The second-order valence-corrected chi connectivity index (χ2v) is 3.30. The van der Waals surface area contributed by atoms with Gasteiger partial charge in [0, 0.05) is 12.3 Å². The van der Waals surface area contributed by atoms with Gasteiger partial charge in [-0.15, -0.1) is 0 Å². The van der Waals surface area contributed by atoms with Gasteiger partial charge < -0.3 is 4.74 Å². The Kier molecular flexibility index (Phi) is 2.97. The molecule has 1 aromatic carbocycles. The molecule has 1 aromatic heterocycles. The topological polar surface area (TPSA) is 58.8 Å². The summed E-state index contributed by atoms with van der Waals surface area (Å²) in [4.78, 5) is 7.89. The highest BCUT2D eigenvalue weighted by atomic mass is 19.1.